The van der Waals surface area contributed by atoms with Crippen LogP contribution in [0.3, 0.4) is 0 Å². The molecular formula is C23H19F2N3O4. The molecule has 0 radical (unpaired) electrons. The molecule has 7 nitrogen and oxygen atoms in total. The van der Waals surface area contributed by atoms with Gasteiger partial charge in [0.15, 0.2) is 11.4 Å². The van der Waals surface area contributed by atoms with E-state index in [0.717, 1.165) is 0 Å². The lowest BCUT2D eigenvalue weighted by Gasteiger charge is -2.30. The molecule has 1 aliphatic rings. The summed E-state index contributed by atoms with van der Waals surface area (Å²) in [5, 5.41) is 12.9. The molecule has 0 fully saturated rings. The van der Waals surface area contributed by atoms with Crippen LogP contribution in [0.1, 0.15) is 32.0 Å². The van der Waals surface area contributed by atoms with Gasteiger partial charge in [-0.25, -0.2) is 8.78 Å². The summed E-state index contributed by atoms with van der Waals surface area (Å²) in [4.78, 5) is 39.4. The molecule has 0 spiro atoms. The third-order valence-corrected chi connectivity index (χ3v) is 5.29. The summed E-state index contributed by atoms with van der Waals surface area (Å²) < 4.78 is 28.2. The second-order valence-corrected chi connectivity index (χ2v) is 7.39. The Kier molecular flexibility index (Phi) is 5.72. The van der Waals surface area contributed by atoms with E-state index in [2.05, 4.69) is 5.32 Å². The maximum Gasteiger partial charge on any atom is 0.274 e. The number of nitrogens with one attached hydrogen (secondary N) is 1. The summed E-state index contributed by atoms with van der Waals surface area (Å²) in [7, 11) is 0. The number of nitrogens with zero attached hydrogens (tertiary/aromatic N) is 2. The molecule has 2 heterocycles. The molecule has 0 unspecified atom stereocenters. The van der Waals surface area contributed by atoms with Gasteiger partial charge in [0.25, 0.3) is 11.8 Å². The van der Waals surface area contributed by atoms with Gasteiger partial charge in [-0.2, -0.15) is 0 Å². The van der Waals surface area contributed by atoms with Gasteiger partial charge in [0.05, 0.1) is 0 Å². The van der Waals surface area contributed by atoms with Crippen LogP contribution in [0, 0.1) is 11.6 Å². The first-order valence-corrected chi connectivity index (χ1v) is 9.87. The zero-order valence-electron chi connectivity index (χ0n) is 16.8. The number of rotatable bonds is 5. The number of carbonyl (C=O) groups is 2. The van der Waals surface area contributed by atoms with Crippen LogP contribution in [0.2, 0.25) is 0 Å². The Bertz CT molecular complexity index is 1260. The number of aromatic hydroxyl groups is 1. The quantitative estimate of drug-likeness (QED) is 0.639. The molecule has 0 saturated carbocycles. The second kappa shape index (κ2) is 8.62. The van der Waals surface area contributed by atoms with Crippen molar-refractivity contribution in [3.63, 3.8) is 0 Å². The average molecular weight is 439 g/mol. The van der Waals surface area contributed by atoms with Gasteiger partial charge >= 0.3 is 0 Å². The predicted octanol–water partition coefficient (Wildman–Crippen LogP) is 2.42. The maximum absolute atomic E-state index is 13.7. The van der Waals surface area contributed by atoms with Crippen molar-refractivity contribution in [3.8, 4) is 5.75 Å². The van der Waals surface area contributed by atoms with Crippen molar-refractivity contribution >= 4 is 11.8 Å². The lowest BCUT2D eigenvalue weighted by molar-refractivity contribution is 0.0681. The van der Waals surface area contributed by atoms with Gasteiger partial charge in [0, 0.05) is 37.9 Å². The molecule has 1 aliphatic heterocycles. The fourth-order valence-electron chi connectivity index (χ4n) is 3.57. The van der Waals surface area contributed by atoms with E-state index in [4.69, 9.17) is 0 Å². The molecule has 9 heteroatoms. The van der Waals surface area contributed by atoms with E-state index in [0.29, 0.717) is 5.56 Å². The van der Waals surface area contributed by atoms with Crippen molar-refractivity contribution in [2.75, 3.05) is 6.54 Å². The average Bonchev–Trinajstić information content (AvgIpc) is 2.78. The second-order valence-electron chi connectivity index (χ2n) is 7.39. The molecular weight excluding hydrogens is 420 g/mol. The van der Waals surface area contributed by atoms with Crippen LogP contribution in [-0.2, 0) is 19.6 Å². The normalized spacial score (nSPS) is 13.1. The number of fused-ring (bicyclic) bond motifs is 1. The van der Waals surface area contributed by atoms with Crippen molar-refractivity contribution in [3.05, 3.63) is 99.0 Å². The maximum atomic E-state index is 13.7. The summed E-state index contributed by atoms with van der Waals surface area (Å²) in [5.41, 5.74) is -0.607. The van der Waals surface area contributed by atoms with Gasteiger partial charge in [0.2, 0.25) is 5.43 Å². The molecule has 2 aromatic carbocycles. The summed E-state index contributed by atoms with van der Waals surface area (Å²) in [6.45, 7) is 0.543. The Balaban J connectivity index is 1.55. The van der Waals surface area contributed by atoms with E-state index in [1.54, 1.807) is 18.2 Å². The van der Waals surface area contributed by atoms with Crippen LogP contribution in [-0.4, -0.2) is 32.9 Å². The summed E-state index contributed by atoms with van der Waals surface area (Å²) in [6, 6.07) is 11.6. The van der Waals surface area contributed by atoms with E-state index < -0.39 is 34.6 Å². The van der Waals surface area contributed by atoms with Gasteiger partial charge in [-0.05, 0) is 23.8 Å². The molecule has 0 saturated heterocycles. The predicted molar refractivity (Wildman–Crippen MR) is 111 cm³/mol. The van der Waals surface area contributed by atoms with E-state index in [-0.39, 0.29) is 43.0 Å². The van der Waals surface area contributed by atoms with Crippen molar-refractivity contribution in [2.24, 2.45) is 0 Å². The van der Waals surface area contributed by atoms with Crippen LogP contribution in [0.25, 0.3) is 0 Å². The van der Waals surface area contributed by atoms with Crippen LogP contribution >= 0.6 is 0 Å². The molecule has 0 aliphatic carbocycles. The number of aromatic nitrogens is 1. The molecule has 0 atom stereocenters. The van der Waals surface area contributed by atoms with E-state index in [9.17, 15) is 28.3 Å². The molecule has 2 amide bonds. The lowest BCUT2D eigenvalue weighted by Crippen LogP contribution is -2.42. The number of amides is 2. The van der Waals surface area contributed by atoms with E-state index >= 15 is 0 Å². The molecule has 1 aromatic heterocycles. The number of pyridine rings is 1. The van der Waals surface area contributed by atoms with Crippen LogP contribution in [0.5, 0.6) is 5.75 Å². The van der Waals surface area contributed by atoms with E-state index in [1.165, 1.54) is 46.0 Å². The lowest BCUT2D eigenvalue weighted by atomic mass is 10.1. The molecule has 2 N–H and O–H groups in total. The highest BCUT2D eigenvalue weighted by molar-refractivity contribution is 5.99. The zero-order valence-corrected chi connectivity index (χ0v) is 16.8. The Labute approximate surface area is 181 Å². The fourth-order valence-corrected chi connectivity index (χ4v) is 3.57. The van der Waals surface area contributed by atoms with Crippen LogP contribution in [0.4, 0.5) is 8.78 Å². The SMILES string of the molecule is O=C(NCc1ccccc1F)c1cn2c(c(O)c1=O)C(=O)N(Cc1ccc(F)cc1)CC2. The minimum atomic E-state index is -0.987. The third kappa shape index (κ3) is 4.09. The van der Waals surface area contributed by atoms with E-state index in [1.807, 2.05) is 0 Å². The fraction of sp³-hybridized carbons (Fsp3) is 0.174. The molecule has 3 aromatic rings. The minimum absolute atomic E-state index is 0.141. The topological polar surface area (TPSA) is 91.6 Å². The number of hydrogen-bond acceptors (Lipinski definition) is 4. The van der Waals surface area contributed by atoms with Crippen molar-refractivity contribution in [2.45, 2.75) is 19.6 Å². The van der Waals surface area contributed by atoms with Gasteiger partial charge in [-0.1, -0.05) is 30.3 Å². The first kappa shape index (κ1) is 21.2. The molecule has 4 rings (SSSR count). The standard InChI is InChI=1S/C23H19F2N3O4/c24-16-7-5-14(6-8-16)12-28-10-9-27-13-17(20(29)21(30)19(27)23(28)32)22(31)26-11-15-3-1-2-4-18(15)25/h1-8,13,30H,9-12H2,(H,26,31). The Morgan fingerprint density at radius 1 is 1.03 bits per heavy atom. The van der Waals surface area contributed by atoms with Crippen molar-refractivity contribution < 1.29 is 23.5 Å². The minimum Gasteiger partial charge on any atom is -0.503 e. The highest BCUT2D eigenvalue weighted by Gasteiger charge is 2.30. The summed E-state index contributed by atoms with van der Waals surface area (Å²) in [5.74, 6) is -3.07. The molecule has 32 heavy (non-hydrogen) atoms. The van der Waals surface area contributed by atoms with Crippen molar-refractivity contribution in [1.29, 1.82) is 0 Å². The largest absolute Gasteiger partial charge is 0.503 e. The highest BCUT2D eigenvalue weighted by Crippen LogP contribution is 2.22. The molecule has 0 bridgehead atoms. The number of carbonyl (C=O) groups excluding carboxylic acids is 2. The smallest absolute Gasteiger partial charge is 0.274 e. The Morgan fingerprint density at radius 3 is 2.47 bits per heavy atom. The van der Waals surface area contributed by atoms with Gasteiger partial charge < -0.3 is 19.9 Å². The van der Waals surface area contributed by atoms with Crippen LogP contribution < -0.4 is 10.7 Å². The van der Waals surface area contributed by atoms with Gasteiger partial charge in [0.1, 0.15) is 17.2 Å². The van der Waals surface area contributed by atoms with Crippen molar-refractivity contribution in [1.82, 2.24) is 14.8 Å². The summed E-state index contributed by atoms with van der Waals surface area (Å²) in [6.07, 6.45) is 1.22. The highest BCUT2D eigenvalue weighted by atomic mass is 19.1. The first-order valence-electron chi connectivity index (χ1n) is 9.87. The zero-order chi connectivity index (χ0) is 22.8. The number of hydrogen-bond donors (Lipinski definition) is 2. The number of halogens is 2. The Hall–Kier alpha value is -4.01. The van der Waals surface area contributed by atoms with Gasteiger partial charge in [-0.15, -0.1) is 0 Å². The summed E-state index contributed by atoms with van der Waals surface area (Å²) >= 11 is 0. The van der Waals surface area contributed by atoms with Crippen LogP contribution in [0.15, 0.2) is 59.5 Å². The monoisotopic (exact) mass is 439 g/mol. The first-order chi connectivity index (χ1) is 15.3. The van der Waals surface area contributed by atoms with Gasteiger partial charge in [-0.3, -0.25) is 14.4 Å². The molecule has 164 valence electrons. The Morgan fingerprint density at radius 2 is 1.75 bits per heavy atom. The third-order valence-electron chi connectivity index (χ3n) is 5.29. The number of benzene rings is 2.